The van der Waals surface area contributed by atoms with Gasteiger partial charge < -0.3 is 5.73 Å². The first-order valence-corrected chi connectivity index (χ1v) is 7.74. The first-order chi connectivity index (χ1) is 9.37. The molecule has 0 aromatic carbocycles. The van der Waals surface area contributed by atoms with Crippen molar-refractivity contribution in [2.24, 2.45) is 28.9 Å². The number of allylic oxidation sites excluding steroid dienone is 6. The second kappa shape index (κ2) is 7.08. The minimum Gasteiger partial charge on any atom is -0.330 e. The van der Waals surface area contributed by atoms with Crippen molar-refractivity contribution in [3.63, 3.8) is 0 Å². The Morgan fingerprint density at radius 3 is 2.50 bits per heavy atom. The van der Waals surface area contributed by atoms with Crippen molar-refractivity contribution in [3.05, 3.63) is 48.6 Å². The molecule has 0 spiro atoms. The van der Waals surface area contributed by atoms with Gasteiger partial charge in [-0.3, -0.25) is 0 Å². The van der Waals surface area contributed by atoms with Gasteiger partial charge in [-0.15, -0.1) is 6.58 Å². The van der Waals surface area contributed by atoms with Gasteiger partial charge in [0.1, 0.15) is 0 Å². The van der Waals surface area contributed by atoms with Gasteiger partial charge >= 0.3 is 0 Å². The highest BCUT2D eigenvalue weighted by atomic mass is 14.5. The summed E-state index contributed by atoms with van der Waals surface area (Å²) in [5.74, 6) is 1.78. The largest absolute Gasteiger partial charge is 0.330 e. The number of nitrogens with two attached hydrogens (primary N) is 1. The summed E-state index contributed by atoms with van der Waals surface area (Å²) in [5.41, 5.74) is 8.56. The summed E-state index contributed by atoms with van der Waals surface area (Å²) in [7, 11) is 0. The molecule has 2 N–H and O–H groups in total. The molecular weight excluding hydrogens is 242 g/mol. The molecule has 1 rings (SSSR count). The van der Waals surface area contributed by atoms with Gasteiger partial charge in [-0.25, -0.2) is 0 Å². The van der Waals surface area contributed by atoms with E-state index in [4.69, 9.17) is 5.73 Å². The van der Waals surface area contributed by atoms with E-state index < -0.39 is 0 Å². The maximum Gasteiger partial charge on any atom is -0.00745 e. The van der Waals surface area contributed by atoms with Crippen LogP contribution in [-0.2, 0) is 0 Å². The van der Waals surface area contributed by atoms with Gasteiger partial charge in [0.05, 0.1) is 0 Å². The molecule has 1 saturated carbocycles. The molecule has 112 valence electrons. The highest BCUT2D eigenvalue weighted by Gasteiger charge is 2.45. The van der Waals surface area contributed by atoms with Gasteiger partial charge in [-0.05, 0) is 60.6 Å². The van der Waals surface area contributed by atoms with E-state index >= 15 is 0 Å². The molecule has 0 saturated heterocycles. The minimum atomic E-state index is 0.312. The lowest BCUT2D eigenvalue weighted by Crippen LogP contribution is -2.12. The lowest BCUT2D eigenvalue weighted by Gasteiger charge is -2.17. The second-order valence-electron chi connectivity index (χ2n) is 6.61. The van der Waals surface area contributed by atoms with Crippen LogP contribution in [0.3, 0.4) is 0 Å². The Labute approximate surface area is 125 Å². The molecule has 1 heteroatoms. The van der Waals surface area contributed by atoms with E-state index in [0.29, 0.717) is 23.2 Å². The Balaban J connectivity index is 2.77. The van der Waals surface area contributed by atoms with Crippen molar-refractivity contribution >= 4 is 0 Å². The average Bonchev–Trinajstić information content (AvgIpc) is 3.06. The molecule has 1 nitrogen and oxygen atoms in total. The van der Waals surface area contributed by atoms with Crippen LogP contribution in [0.25, 0.3) is 0 Å². The van der Waals surface area contributed by atoms with Crippen molar-refractivity contribution < 1.29 is 0 Å². The van der Waals surface area contributed by atoms with Crippen LogP contribution in [0.5, 0.6) is 0 Å². The van der Waals surface area contributed by atoms with Gasteiger partial charge in [0, 0.05) is 0 Å². The zero-order valence-electron chi connectivity index (χ0n) is 13.7. The fourth-order valence-corrected chi connectivity index (χ4v) is 2.63. The Bertz CT molecular complexity index is 415. The first kappa shape index (κ1) is 17.0. The first-order valence-electron chi connectivity index (χ1n) is 7.74. The normalized spacial score (nSPS) is 29.8. The van der Waals surface area contributed by atoms with E-state index in [2.05, 4.69) is 59.1 Å². The van der Waals surface area contributed by atoms with Gasteiger partial charge in [0.15, 0.2) is 0 Å². The van der Waals surface area contributed by atoms with Crippen LogP contribution in [0.1, 0.15) is 40.5 Å². The quantitative estimate of drug-likeness (QED) is 0.495. The van der Waals surface area contributed by atoms with E-state index in [1.54, 1.807) is 0 Å². The summed E-state index contributed by atoms with van der Waals surface area (Å²) in [6.07, 6.45) is 11.1. The van der Waals surface area contributed by atoms with E-state index in [-0.39, 0.29) is 0 Å². The summed E-state index contributed by atoms with van der Waals surface area (Å²) in [6, 6.07) is 0. The fraction of sp³-hybridized carbons (Fsp3) is 0.579. The highest BCUT2D eigenvalue weighted by molar-refractivity contribution is 5.39. The minimum absolute atomic E-state index is 0.312. The monoisotopic (exact) mass is 273 g/mol. The zero-order valence-corrected chi connectivity index (χ0v) is 13.7. The molecule has 0 amide bonds. The van der Waals surface area contributed by atoms with Gasteiger partial charge in [-0.2, -0.15) is 0 Å². The summed E-state index contributed by atoms with van der Waals surface area (Å²) >= 11 is 0. The van der Waals surface area contributed by atoms with Crippen LogP contribution in [0.2, 0.25) is 0 Å². The maximum atomic E-state index is 5.65. The predicted octanol–water partition coefficient (Wildman–Crippen LogP) is 4.88. The molecule has 0 heterocycles. The fourth-order valence-electron chi connectivity index (χ4n) is 2.63. The summed E-state index contributed by atoms with van der Waals surface area (Å²) in [6.45, 7) is 17.7. The SMILES string of the molecule is C=CC(=C\[C@H](C)C(C)CCN)/C(C)=C/[C@H]1CC1(C)C=C. The molecule has 0 aromatic rings. The molecule has 0 aromatic heterocycles. The van der Waals surface area contributed by atoms with Crippen molar-refractivity contribution in [2.75, 3.05) is 6.54 Å². The molecule has 2 unspecified atom stereocenters. The molecule has 20 heavy (non-hydrogen) atoms. The topological polar surface area (TPSA) is 26.0 Å². The van der Waals surface area contributed by atoms with E-state index in [0.717, 1.165) is 13.0 Å². The number of rotatable bonds is 8. The van der Waals surface area contributed by atoms with Gasteiger partial charge in [0.2, 0.25) is 0 Å². The lowest BCUT2D eigenvalue weighted by atomic mass is 9.89. The second-order valence-corrected chi connectivity index (χ2v) is 6.61. The molecule has 1 fully saturated rings. The smallest absolute Gasteiger partial charge is 0.00745 e. The van der Waals surface area contributed by atoms with Crippen molar-refractivity contribution in [1.29, 1.82) is 0 Å². The molecule has 0 radical (unpaired) electrons. The van der Waals surface area contributed by atoms with Crippen LogP contribution in [0, 0.1) is 23.2 Å². The van der Waals surface area contributed by atoms with Crippen LogP contribution in [-0.4, -0.2) is 6.54 Å². The molecule has 1 aliphatic rings. The van der Waals surface area contributed by atoms with Crippen molar-refractivity contribution in [1.82, 2.24) is 0 Å². The maximum absolute atomic E-state index is 5.65. The Hall–Kier alpha value is -1.08. The summed E-state index contributed by atoms with van der Waals surface area (Å²) < 4.78 is 0. The van der Waals surface area contributed by atoms with Crippen LogP contribution in [0.4, 0.5) is 0 Å². The van der Waals surface area contributed by atoms with Crippen LogP contribution >= 0.6 is 0 Å². The Morgan fingerprint density at radius 1 is 1.40 bits per heavy atom. The van der Waals surface area contributed by atoms with E-state index in [9.17, 15) is 0 Å². The predicted molar refractivity (Wildman–Crippen MR) is 90.4 cm³/mol. The van der Waals surface area contributed by atoms with E-state index in [1.807, 2.05) is 6.08 Å². The van der Waals surface area contributed by atoms with Gasteiger partial charge in [0.25, 0.3) is 0 Å². The molecule has 1 aliphatic carbocycles. The Morgan fingerprint density at radius 2 is 2.05 bits per heavy atom. The van der Waals surface area contributed by atoms with Crippen molar-refractivity contribution in [2.45, 2.75) is 40.5 Å². The molecule has 4 atom stereocenters. The third-order valence-electron chi connectivity index (χ3n) is 4.90. The van der Waals surface area contributed by atoms with Gasteiger partial charge in [-0.1, -0.05) is 51.7 Å². The molecule has 0 bridgehead atoms. The van der Waals surface area contributed by atoms with Crippen molar-refractivity contribution in [3.8, 4) is 0 Å². The van der Waals surface area contributed by atoms with E-state index in [1.165, 1.54) is 17.6 Å². The Kier molecular flexibility index (Phi) is 6.01. The lowest BCUT2D eigenvalue weighted by molar-refractivity contribution is 0.433. The average molecular weight is 273 g/mol. The highest BCUT2D eigenvalue weighted by Crippen LogP contribution is 2.54. The zero-order chi connectivity index (χ0) is 15.3. The third kappa shape index (κ3) is 4.21. The number of hydrogen-bond acceptors (Lipinski definition) is 1. The summed E-state index contributed by atoms with van der Waals surface area (Å²) in [4.78, 5) is 0. The third-order valence-corrected chi connectivity index (χ3v) is 4.90. The molecule has 0 aliphatic heterocycles. The summed E-state index contributed by atoms with van der Waals surface area (Å²) in [5, 5.41) is 0. The standard InChI is InChI=1S/C19H31N/c1-7-17(11-15(4)14(3)9-10-20)16(5)12-18-13-19(18,6)8-2/h7-8,11-12,14-15,18H,1-2,9-10,13,20H2,3-6H3/b16-12+,17-11+/t14?,15-,18-,19?/m0/s1. The molecular formula is C19H31N. The van der Waals surface area contributed by atoms with Crippen LogP contribution in [0.15, 0.2) is 48.6 Å². The number of hydrogen-bond donors (Lipinski definition) is 1. The van der Waals surface area contributed by atoms with Crippen LogP contribution < -0.4 is 5.73 Å².